The number of H-pyrrole nitrogens is 1. The highest BCUT2D eigenvalue weighted by Crippen LogP contribution is 2.37. The van der Waals surface area contributed by atoms with Crippen LogP contribution in [0, 0.1) is 34.6 Å². The third-order valence-corrected chi connectivity index (χ3v) is 4.97. The highest BCUT2D eigenvalue weighted by atomic mass is 19.2. The second-order valence-corrected chi connectivity index (χ2v) is 6.79. The molecule has 4 rings (SSSR count). The normalized spacial score (nSPS) is 18.0. The van der Waals surface area contributed by atoms with Crippen LogP contribution in [0.2, 0.25) is 0 Å². The van der Waals surface area contributed by atoms with E-state index in [4.69, 9.17) is 14.7 Å². The second kappa shape index (κ2) is 7.85. The molecule has 2 atom stereocenters. The van der Waals surface area contributed by atoms with Gasteiger partial charge in [0.2, 0.25) is 0 Å². The first-order valence-electron chi connectivity index (χ1n) is 9.11. The van der Waals surface area contributed by atoms with Gasteiger partial charge in [-0.15, -0.1) is 0 Å². The Kier molecular flexibility index (Phi) is 5.26. The van der Waals surface area contributed by atoms with Crippen LogP contribution in [0.1, 0.15) is 42.1 Å². The summed E-state index contributed by atoms with van der Waals surface area (Å²) in [5.41, 5.74) is -1.15. The quantitative estimate of drug-likeness (QED) is 0.479. The highest BCUT2D eigenvalue weighted by Gasteiger charge is 2.32. The third kappa shape index (κ3) is 3.48. The number of aromatic amines is 1. The molecule has 8 heteroatoms. The number of hydrogen-bond donors (Lipinski definition) is 1. The van der Waals surface area contributed by atoms with E-state index in [-0.39, 0.29) is 22.0 Å². The van der Waals surface area contributed by atoms with Gasteiger partial charge in [0.25, 0.3) is 0 Å². The molecule has 1 saturated heterocycles. The largest absolute Gasteiger partial charge is 0.359 e. The van der Waals surface area contributed by atoms with Gasteiger partial charge >= 0.3 is 0 Å². The molecule has 3 aromatic rings. The molecule has 1 aliphatic rings. The van der Waals surface area contributed by atoms with Crippen molar-refractivity contribution >= 4 is 10.9 Å². The van der Waals surface area contributed by atoms with Crippen LogP contribution in [0.5, 0.6) is 0 Å². The minimum Gasteiger partial charge on any atom is -0.359 e. The van der Waals surface area contributed by atoms with Crippen molar-refractivity contribution < 1.29 is 27.0 Å². The molecule has 0 saturated carbocycles. The van der Waals surface area contributed by atoms with Crippen LogP contribution in [-0.4, -0.2) is 17.9 Å². The van der Waals surface area contributed by atoms with Gasteiger partial charge in [-0.25, -0.2) is 17.6 Å². The van der Waals surface area contributed by atoms with Gasteiger partial charge in [-0.05, 0) is 43.0 Å². The van der Waals surface area contributed by atoms with Crippen LogP contribution in [-0.2, 0) is 9.47 Å². The number of fused-ring (bicyclic) bond motifs is 1. The van der Waals surface area contributed by atoms with E-state index in [1.165, 1.54) is 18.3 Å². The van der Waals surface area contributed by atoms with Gasteiger partial charge in [-0.3, -0.25) is 0 Å². The number of nitrogens with one attached hydrogen (secondary N) is 1. The number of aromatic nitrogens is 1. The molecule has 4 nitrogen and oxygen atoms in total. The van der Waals surface area contributed by atoms with Crippen LogP contribution in [0.25, 0.3) is 10.9 Å². The lowest BCUT2D eigenvalue weighted by molar-refractivity contribution is -0.182. The zero-order chi connectivity index (χ0) is 20.5. The Morgan fingerprint density at radius 3 is 2.66 bits per heavy atom. The molecular formula is C21H16F4N2O2. The number of nitriles is 1. The lowest BCUT2D eigenvalue weighted by Crippen LogP contribution is -2.26. The van der Waals surface area contributed by atoms with Crippen molar-refractivity contribution in [1.29, 1.82) is 5.26 Å². The molecule has 29 heavy (non-hydrogen) atoms. The number of ether oxygens (including phenoxy) is 2. The fourth-order valence-electron chi connectivity index (χ4n) is 3.51. The molecule has 0 radical (unpaired) electrons. The molecule has 1 N–H and O–H groups in total. The first kappa shape index (κ1) is 19.4. The molecule has 0 spiro atoms. The van der Waals surface area contributed by atoms with E-state index in [1.54, 1.807) is 6.07 Å². The Morgan fingerprint density at radius 1 is 1.10 bits per heavy atom. The SMILES string of the molecule is N#Cc1cc(C(OC2CCCCO2)c2c(F)c(F)c3[nH]ccc3c2F)ccc1F. The summed E-state index contributed by atoms with van der Waals surface area (Å²) in [4.78, 5) is 2.47. The van der Waals surface area contributed by atoms with Gasteiger partial charge in [-0.1, -0.05) is 6.07 Å². The first-order valence-corrected chi connectivity index (χ1v) is 9.11. The second-order valence-electron chi connectivity index (χ2n) is 6.79. The van der Waals surface area contributed by atoms with Crippen molar-refractivity contribution in [1.82, 2.24) is 4.98 Å². The molecular weight excluding hydrogens is 388 g/mol. The summed E-state index contributed by atoms with van der Waals surface area (Å²) in [7, 11) is 0. The van der Waals surface area contributed by atoms with Crippen molar-refractivity contribution in [2.45, 2.75) is 31.7 Å². The molecule has 2 heterocycles. The van der Waals surface area contributed by atoms with Gasteiger partial charge in [0.1, 0.15) is 23.8 Å². The fraction of sp³-hybridized carbons (Fsp3) is 0.286. The first-order chi connectivity index (χ1) is 14.0. The Bertz CT molecular complexity index is 1100. The average molecular weight is 404 g/mol. The summed E-state index contributed by atoms with van der Waals surface area (Å²) in [6.45, 7) is 0.417. The standard InChI is InChI=1S/C21H16F4N2O2/c22-14-5-4-11(9-12(14)10-26)21(29-15-3-1-2-8-28-15)16-17(23)13-6-7-27-20(13)19(25)18(16)24/h4-7,9,15,21,27H,1-3,8H2. The molecule has 2 unspecified atom stereocenters. The number of hydrogen-bond acceptors (Lipinski definition) is 3. The van der Waals surface area contributed by atoms with Crippen molar-refractivity contribution in [2.75, 3.05) is 6.61 Å². The van der Waals surface area contributed by atoms with Crippen molar-refractivity contribution in [3.63, 3.8) is 0 Å². The predicted octanol–water partition coefficient (Wildman–Crippen LogP) is 5.23. The van der Waals surface area contributed by atoms with Crippen LogP contribution in [0.3, 0.4) is 0 Å². The van der Waals surface area contributed by atoms with Gasteiger partial charge in [0, 0.05) is 18.2 Å². The van der Waals surface area contributed by atoms with Gasteiger partial charge in [0.05, 0.1) is 16.6 Å². The maximum absolute atomic E-state index is 15.2. The predicted molar refractivity (Wildman–Crippen MR) is 95.8 cm³/mol. The van der Waals surface area contributed by atoms with E-state index in [1.807, 2.05) is 0 Å². The third-order valence-electron chi connectivity index (χ3n) is 4.97. The summed E-state index contributed by atoms with van der Waals surface area (Å²) in [6, 6.07) is 6.37. The van der Waals surface area contributed by atoms with Crippen LogP contribution in [0.15, 0.2) is 30.5 Å². The van der Waals surface area contributed by atoms with E-state index in [9.17, 15) is 13.2 Å². The molecule has 1 fully saturated rings. The number of rotatable bonds is 4. The van der Waals surface area contributed by atoms with Crippen molar-refractivity contribution in [2.24, 2.45) is 0 Å². The minimum absolute atomic E-state index is 0.115. The Labute approximate surface area is 163 Å². The van der Waals surface area contributed by atoms with Gasteiger partial charge in [0.15, 0.2) is 17.9 Å². The summed E-state index contributed by atoms with van der Waals surface area (Å²) in [5.74, 6) is -4.44. The van der Waals surface area contributed by atoms with E-state index >= 15 is 4.39 Å². The number of nitrogens with zero attached hydrogens (tertiary/aromatic N) is 1. The Hall–Kier alpha value is -2.89. The summed E-state index contributed by atoms with van der Waals surface area (Å²) >= 11 is 0. The number of halogens is 4. The topological polar surface area (TPSA) is 58.0 Å². The minimum atomic E-state index is -1.43. The summed E-state index contributed by atoms with van der Waals surface area (Å²) < 4.78 is 69.8. The Balaban J connectivity index is 1.89. The maximum atomic E-state index is 15.2. The van der Waals surface area contributed by atoms with E-state index in [0.717, 1.165) is 25.0 Å². The molecule has 1 aliphatic heterocycles. The van der Waals surface area contributed by atoms with Gasteiger partial charge < -0.3 is 14.5 Å². The Morgan fingerprint density at radius 2 is 1.93 bits per heavy atom. The summed E-state index contributed by atoms with van der Waals surface area (Å²) in [5, 5.41) is 8.98. The van der Waals surface area contributed by atoms with Gasteiger partial charge in [-0.2, -0.15) is 5.26 Å². The molecule has 0 amide bonds. The fourth-order valence-corrected chi connectivity index (χ4v) is 3.51. The molecule has 2 aromatic carbocycles. The lowest BCUT2D eigenvalue weighted by atomic mass is 9.96. The smallest absolute Gasteiger partial charge is 0.183 e. The van der Waals surface area contributed by atoms with E-state index in [2.05, 4.69) is 4.98 Å². The zero-order valence-electron chi connectivity index (χ0n) is 15.1. The molecule has 0 aliphatic carbocycles. The number of benzene rings is 2. The lowest BCUT2D eigenvalue weighted by Gasteiger charge is -2.29. The monoisotopic (exact) mass is 404 g/mol. The van der Waals surface area contributed by atoms with Crippen molar-refractivity contribution in [3.8, 4) is 6.07 Å². The van der Waals surface area contributed by atoms with Crippen molar-refractivity contribution in [3.05, 3.63) is 70.4 Å². The maximum Gasteiger partial charge on any atom is 0.183 e. The van der Waals surface area contributed by atoms with Crippen LogP contribution in [0.4, 0.5) is 17.6 Å². The molecule has 1 aromatic heterocycles. The average Bonchev–Trinajstić information content (AvgIpc) is 3.23. The highest BCUT2D eigenvalue weighted by molar-refractivity contribution is 5.82. The van der Waals surface area contributed by atoms with Crippen LogP contribution < -0.4 is 0 Å². The molecule has 150 valence electrons. The molecule has 0 bridgehead atoms. The van der Waals surface area contributed by atoms with E-state index in [0.29, 0.717) is 13.0 Å². The van der Waals surface area contributed by atoms with E-state index < -0.39 is 41.2 Å². The summed E-state index contributed by atoms with van der Waals surface area (Å²) in [6.07, 6.45) is 1.20. The van der Waals surface area contributed by atoms with Crippen LogP contribution >= 0.6 is 0 Å². The zero-order valence-corrected chi connectivity index (χ0v) is 15.1.